The van der Waals surface area contributed by atoms with E-state index in [0.717, 1.165) is 30.4 Å². The van der Waals surface area contributed by atoms with Crippen LogP contribution in [0.5, 0.6) is 0 Å². The molecule has 29 heavy (non-hydrogen) atoms. The third-order valence-electron chi connectivity index (χ3n) is 5.09. The van der Waals surface area contributed by atoms with Gasteiger partial charge in [0.2, 0.25) is 15.9 Å². The Balaban J connectivity index is 1.84. The number of thiazole rings is 1. The van der Waals surface area contributed by atoms with Crippen molar-refractivity contribution < 1.29 is 13.2 Å². The molecule has 0 atom stereocenters. The second kappa shape index (κ2) is 9.10. The Hall–Kier alpha value is -1.51. The van der Waals surface area contributed by atoms with Crippen molar-refractivity contribution in [2.75, 3.05) is 18.4 Å². The predicted molar refractivity (Wildman–Crippen MR) is 119 cm³/mol. The molecule has 2 aromatic rings. The topological polar surface area (TPSA) is 79.4 Å². The van der Waals surface area contributed by atoms with E-state index in [0.29, 0.717) is 23.7 Å². The van der Waals surface area contributed by atoms with Gasteiger partial charge in [-0.25, -0.2) is 13.4 Å². The Kier molecular flexibility index (Phi) is 6.96. The van der Waals surface area contributed by atoms with E-state index in [2.05, 4.69) is 10.3 Å². The van der Waals surface area contributed by atoms with Gasteiger partial charge in [0.15, 0.2) is 5.13 Å². The Bertz CT molecular complexity index is 951. The largest absolute Gasteiger partial charge is 0.302 e. The van der Waals surface area contributed by atoms with Crippen molar-refractivity contribution in [3.05, 3.63) is 18.2 Å². The summed E-state index contributed by atoms with van der Waals surface area (Å²) >= 11 is 1.33. The molecule has 0 aliphatic heterocycles. The molecule has 1 amide bonds. The van der Waals surface area contributed by atoms with Crippen molar-refractivity contribution >= 4 is 42.6 Å². The van der Waals surface area contributed by atoms with Crippen LogP contribution in [0.4, 0.5) is 5.13 Å². The Morgan fingerprint density at radius 1 is 1.17 bits per heavy atom. The highest BCUT2D eigenvalue weighted by molar-refractivity contribution is 7.89. The summed E-state index contributed by atoms with van der Waals surface area (Å²) in [4.78, 5) is 17.1. The number of rotatable bonds is 8. The number of nitrogens with zero attached hydrogens (tertiary/aromatic N) is 2. The zero-order valence-electron chi connectivity index (χ0n) is 17.6. The normalized spacial score (nSPS) is 15.8. The molecule has 8 heteroatoms. The number of sulfonamides is 1. The van der Waals surface area contributed by atoms with Crippen LogP contribution >= 0.6 is 11.3 Å². The van der Waals surface area contributed by atoms with Gasteiger partial charge in [-0.15, -0.1) is 0 Å². The Morgan fingerprint density at radius 3 is 2.38 bits per heavy atom. The summed E-state index contributed by atoms with van der Waals surface area (Å²) in [5, 5.41) is 3.45. The smallest absolute Gasteiger partial charge is 0.243 e. The summed E-state index contributed by atoms with van der Waals surface area (Å²) < 4.78 is 28.8. The summed E-state index contributed by atoms with van der Waals surface area (Å²) in [7, 11) is -3.58. The number of carbonyl (C=O) groups is 1. The lowest BCUT2D eigenvalue weighted by Crippen LogP contribution is -2.37. The lowest BCUT2D eigenvalue weighted by Gasteiger charge is -2.25. The monoisotopic (exact) mass is 437 g/mol. The van der Waals surface area contributed by atoms with Crippen LogP contribution in [-0.2, 0) is 14.8 Å². The highest BCUT2D eigenvalue weighted by Gasteiger charge is 2.27. The molecule has 1 fully saturated rings. The molecule has 6 nitrogen and oxygen atoms in total. The number of aromatic nitrogens is 1. The SMILES string of the molecule is CC(C)CN(CC(C)C)S(=O)(=O)c1ccc2nc(NC(=O)C3CCCC3)sc2c1. The summed E-state index contributed by atoms with van der Waals surface area (Å²) in [5.74, 6) is 0.578. The van der Waals surface area contributed by atoms with Gasteiger partial charge in [-0.1, -0.05) is 51.9 Å². The lowest BCUT2D eigenvalue weighted by atomic mass is 10.1. The summed E-state index contributed by atoms with van der Waals surface area (Å²) in [6, 6.07) is 5.03. The summed E-state index contributed by atoms with van der Waals surface area (Å²) in [6.07, 6.45) is 4.06. The van der Waals surface area contributed by atoms with Crippen LogP contribution in [0.25, 0.3) is 10.2 Å². The van der Waals surface area contributed by atoms with E-state index in [1.807, 2.05) is 27.7 Å². The molecule has 1 saturated carbocycles. The van der Waals surface area contributed by atoms with Crippen molar-refractivity contribution in [2.24, 2.45) is 17.8 Å². The molecular weight excluding hydrogens is 406 g/mol. The number of hydrogen-bond acceptors (Lipinski definition) is 5. The molecule has 0 bridgehead atoms. The number of amides is 1. The maximum Gasteiger partial charge on any atom is 0.243 e. The summed E-state index contributed by atoms with van der Waals surface area (Å²) in [5.41, 5.74) is 0.704. The standard InChI is InChI=1S/C21H31N3O3S2/c1-14(2)12-24(13-15(3)4)29(26,27)17-9-10-18-19(11-17)28-21(22-18)23-20(25)16-7-5-6-8-16/h9-11,14-16H,5-8,12-13H2,1-4H3,(H,22,23,25). The first kappa shape index (κ1) is 22.2. The maximum absolute atomic E-state index is 13.2. The van der Waals surface area contributed by atoms with Crippen LogP contribution in [0.3, 0.4) is 0 Å². The number of carbonyl (C=O) groups excluding carboxylic acids is 1. The van der Waals surface area contributed by atoms with Gasteiger partial charge < -0.3 is 5.32 Å². The van der Waals surface area contributed by atoms with E-state index >= 15 is 0 Å². The van der Waals surface area contributed by atoms with Gasteiger partial charge in [0.1, 0.15) is 0 Å². The van der Waals surface area contributed by atoms with E-state index in [4.69, 9.17) is 0 Å². The number of fused-ring (bicyclic) bond motifs is 1. The highest BCUT2D eigenvalue weighted by Crippen LogP contribution is 2.31. The van der Waals surface area contributed by atoms with Crippen LogP contribution in [-0.4, -0.2) is 36.7 Å². The number of nitrogens with one attached hydrogen (secondary N) is 1. The molecule has 1 aromatic carbocycles. The van der Waals surface area contributed by atoms with E-state index in [-0.39, 0.29) is 28.6 Å². The van der Waals surface area contributed by atoms with Gasteiger partial charge >= 0.3 is 0 Å². The molecule has 0 radical (unpaired) electrons. The molecule has 1 aliphatic rings. The predicted octanol–water partition coefficient (Wildman–Crippen LogP) is 4.73. The molecule has 1 aliphatic carbocycles. The number of anilines is 1. The second-order valence-electron chi connectivity index (χ2n) is 8.73. The molecule has 0 saturated heterocycles. The molecule has 1 heterocycles. The first-order valence-electron chi connectivity index (χ1n) is 10.4. The Labute approximate surface area is 177 Å². The number of benzene rings is 1. The minimum atomic E-state index is -3.58. The van der Waals surface area contributed by atoms with Gasteiger partial charge in [0.05, 0.1) is 15.1 Å². The molecule has 1 N–H and O–H groups in total. The van der Waals surface area contributed by atoms with Gasteiger partial charge in [0.25, 0.3) is 0 Å². The minimum Gasteiger partial charge on any atom is -0.302 e. The fraction of sp³-hybridized carbons (Fsp3) is 0.619. The van der Waals surface area contributed by atoms with Crippen LogP contribution in [0.2, 0.25) is 0 Å². The molecule has 1 aromatic heterocycles. The lowest BCUT2D eigenvalue weighted by molar-refractivity contribution is -0.119. The summed E-state index contributed by atoms with van der Waals surface area (Å²) in [6.45, 7) is 9.07. The van der Waals surface area contributed by atoms with Gasteiger partial charge in [-0.05, 0) is 42.9 Å². The van der Waals surface area contributed by atoms with E-state index in [1.54, 1.807) is 22.5 Å². The zero-order valence-corrected chi connectivity index (χ0v) is 19.3. The van der Waals surface area contributed by atoms with Gasteiger partial charge in [0, 0.05) is 19.0 Å². The van der Waals surface area contributed by atoms with Gasteiger partial charge in [-0.3, -0.25) is 4.79 Å². The van der Waals surface area contributed by atoms with Gasteiger partial charge in [-0.2, -0.15) is 4.31 Å². The van der Waals surface area contributed by atoms with Crippen LogP contribution in [0.15, 0.2) is 23.1 Å². The molecule has 0 spiro atoms. The molecule has 3 rings (SSSR count). The Morgan fingerprint density at radius 2 is 1.79 bits per heavy atom. The van der Waals surface area contributed by atoms with E-state index in [1.165, 1.54) is 11.3 Å². The average Bonchev–Trinajstić information content (AvgIpc) is 3.29. The van der Waals surface area contributed by atoms with Crippen molar-refractivity contribution in [2.45, 2.75) is 58.3 Å². The molecular formula is C21H31N3O3S2. The zero-order chi connectivity index (χ0) is 21.2. The van der Waals surface area contributed by atoms with Crippen LogP contribution in [0.1, 0.15) is 53.4 Å². The fourth-order valence-corrected chi connectivity index (χ4v) is 6.53. The van der Waals surface area contributed by atoms with E-state index in [9.17, 15) is 13.2 Å². The van der Waals surface area contributed by atoms with Crippen molar-refractivity contribution in [1.29, 1.82) is 0 Å². The molecule has 160 valence electrons. The fourth-order valence-electron chi connectivity index (χ4n) is 3.75. The maximum atomic E-state index is 13.2. The third-order valence-corrected chi connectivity index (χ3v) is 7.85. The minimum absolute atomic E-state index is 0.0226. The number of hydrogen-bond donors (Lipinski definition) is 1. The third kappa shape index (κ3) is 5.35. The first-order chi connectivity index (χ1) is 13.7. The highest BCUT2D eigenvalue weighted by atomic mass is 32.2. The van der Waals surface area contributed by atoms with Crippen molar-refractivity contribution in [3.8, 4) is 0 Å². The van der Waals surface area contributed by atoms with Crippen LogP contribution in [0, 0.1) is 17.8 Å². The van der Waals surface area contributed by atoms with E-state index < -0.39 is 10.0 Å². The van der Waals surface area contributed by atoms with Crippen molar-refractivity contribution in [3.63, 3.8) is 0 Å². The second-order valence-corrected chi connectivity index (χ2v) is 11.7. The quantitative estimate of drug-likeness (QED) is 0.648. The van der Waals surface area contributed by atoms with Crippen LogP contribution < -0.4 is 5.32 Å². The molecule has 0 unspecified atom stereocenters. The van der Waals surface area contributed by atoms with Crippen molar-refractivity contribution in [1.82, 2.24) is 9.29 Å². The average molecular weight is 438 g/mol. The first-order valence-corrected chi connectivity index (χ1v) is 12.6.